The Morgan fingerprint density at radius 2 is 1.79 bits per heavy atom. The number of carbonyl (C=O) groups is 3. The van der Waals surface area contributed by atoms with Gasteiger partial charge in [-0.05, 0) is 31.7 Å². The van der Waals surface area contributed by atoms with Gasteiger partial charge in [-0.15, -0.1) is 0 Å². The highest BCUT2D eigenvalue weighted by molar-refractivity contribution is 6.37. The summed E-state index contributed by atoms with van der Waals surface area (Å²) in [5.41, 5.74) is 0.399. The zero-order valence-electron chi connectivity index (χ0n) is 15.8. The molecule has 0 unspecified atom stereocenters. The van der Waals surface area contributed by atoms with Crippen LogP contribution in [0.3, 0.4) is 0 Å². The zero-order valence-corrected chi connectivity index (χ0v) is 16.5. The number of nitrogens with zero attached hydrogens (tertiary/aromatic N) is 2. The summed E-state index contributed by atoms with van der Waals surface area (Å²) in [5, 5.41) is 3.40. The molecule has 154 valence electrons. The van der Waals surface area contributed by atoms with E-state index in [1.165, 1.54) is 7.11 Å². The molecule has 0 N–H and O–H groups in total. The molecular formula is C19H18ClFN2O6. The fourth-order valence-electron chi connectivity index (χ4n) is 3.26. The fourth-order valence-corrected chi connectivity index (χ4v) is 3.46. The highest BCUT2D eigenvalue weighted by atomic mass is 35.5. The van der Waals surface area contributed by atoms with Crippen LogP contribution in [0.2, 0.25) is 5.02 Å². The summed E-state index contributed by atoms with van der Waals surface area (Å²) in [5.74, 6) is -2.74. The van der Waals surface area contributed by atoms with Crippen LogP contribution in [-0.4, -0.2) is 44.3 Å². The number of esters is 1. The average Bonchev–Trinajstić information content (AvgIpc) is 2.96. The number of ether oxygens (including phenoxy) is 2. The molecule has 10 heteroatoms. The minimum atomic E-state index is -0.845. The van der Waals surface area contributed by atoms with Gasteiger partial charge in [0, 0.05) is 17.2 Å². The van der Waals surface area contributed by atoms with Crippen LogP contribution in [0, 0.1) is 5.82 Å². The van der Waals surface area contributed by atoms with E-state index in [1.807, 2.05) is 0 Å². The molecule has 2 amide bonds. The Morgan fingerprint density at radius 3 is 2.34 bits per heavy atom. The van der Waals surface area contributed by atoms with Crippen LogP contribution in [0.25, 0.3) is 0 Å². The van der Waals surface area contributed by atoms with Gasteiger partial charge in [-0.1, -0.05) is 16.8 Å². The number of halogens is 2. The molecule has 0 aromatic heterocycles. The van der Waals surface area contributed by atoms with Gasteiger partial charge in [-0.3, -0.25) is 9.59 Å². The second-order valence-electron chi connectivity index (χ2n) is 6.34. The van der Waals surface area contributed by atoms with E-state index in [0.29, 0.717) is 24.0 Å². The Kier molecular flexibility index (Phi) is 6.17. The van der Waals surface area contributed by atoms with Crippen molar-refractivity contribution in [3.8, 4) is 5.75 Å². The normalized spacial score (nSPS) is 16.8. The number of carbonyl (C=O) groups excluding carboxylic acids is 3. The number of hydrogen-bond donors (Lipinski definition) is 0. The van der Waals surface area contributed by atoms with Crippen molar-refractivity contribution in [2.24, 2.45) is 5.16 Å². The molecule has 8 nitrogen and oxygen atoms in total. The first kappa shape index (κ1) is 20.8. The largest absolute Gasteiger partial charge is 0.485 e. The standard InChI is InChI=1S/C19H18ClFN2O6/c1-27-19(26)14(22-28-2)9-29-16-8-15(13(21)7-12(16)20)23-17(24)10-5-3-4-6-11(10)18(23)25/h7-8H,3-6,9H2,1-2H3. The van der Waals surface area contributed by atoms with E-state index in [1.54, 1.807) is 0 Å². The van der Waals surface area contributed by atoms with Crippen molar-refractivity contribution in [2.75, 3.05) is 25.7 Å². The molecule has 0 atom stereocenters. The lowest BCUT2D eigenvalue weighted by atomic mass is 9.93. The molecule has 29 heavy (non-hydrogen) atoms. The van der Waals surface area contributed by atoms with E-state index < -0.39 is 23.6 Å². The second kappa shape index (κ2) is 8.60. The third-order valence-corrected chi connectivity index (χ3v) is 4.91. The van der Waals surface area contributed by atoms with Crippen molar-refractivity contribution < 1.29 is 33.1 Å². The zero-order chi connectivity index (χ0) is 21.1. The second-order valence-corrected chi connectivity index (χ2v) is 6.75. The lowest BCUT2D eigenvalue weighted by molar-refractivity contribution is -0.133. The van der Waals surface area contributed by atoms with Gasteiger partial charge in [0.05, 0.1) is 17.8 Å². The van der Waals surface area contributed by atoms with Crippen LogP contribution in [0.5, 0.6) is 5.75 Å². The number of anilines is 1. The van der Waals surface area contributed by atoms with Crippen LogP contribution in [0.15, 0.2) is 28.4 Å². The van der Waals surface area contributed by atoms with Crippen LogP contribution < -0.4 is 9.64 Å². The Morgan fingerprint density at radius 1 is 1.17 bits per heavy atom. The maximum atomic E-state index is 14.6. The van der Waals surface area contributed by atoms with Crippen molar-refractivity contribution in [1.82, 2.24) is 0 Å². The highest BCUT2D eigenvalue weighted by Crippen LogP contribution is 2.39. The van der Waals surface area contributed by atoms with Gasteiger partial charge < -0.3 is 14.3 Å². The van der Waals surface area contributed by atoms with E-state index in [9.17, 15) is 18.8 Å². The van der Waals surface area contributed by atoms with Gasteiger partial charge in [-0.25, -0.2) is 14.1 Å². The van der Waals surface area contributed by atoms with Gasteiger partial charge in [0.15, 0.2) is 0 Å². The quantitative estimate of drug-likeness (QED) is 0.301. The average molecular weight is 425 g/mol. The number of oxime groups is 1. The fraction of sp³-hybridized carbons (Fsp3) is 0.368. The lowest BCUT2D eigenvalue weighted by Gasteiger charge is -2.18. The molecule has 1 aromatic carbocycles. The van der Waals surface area contributed by atoms with Crippen molar-refractivity contribution >= 4 is 40.8 Å². The van der Waals surface area contributed by atoms with Gasteiger partial charge in [0.25, 0.3) is 11.8 Å². The molecule has 0 radical (unpaired) electrons. The van der Waals surface area contributed by atoms with Crippen molar-refractivity contribution in [3.63, 3.8) is 0 Å². The van der Waals surface area contributed by atoms with Crippen molar-refractivity contribution in [3.05, 3.63) is 34.1 Å². The number of benzene rings is 1. The molecule has 1 heterocycles. The molecule has 0 saturated heterocycles. The Hall–Kier alpha value is -2.94. The number of methoxy groups -OCH3 is 1. The molecule has 0 saturated carbocycles. The highest BCUT2D eigenvalue weighted by Gasteiger charge is 2.41. The lowest BCUT2D eigenvalue weighted by Crippen LogP contribution is -2.32. The summed E-state index contributed by atoms with van der Waals surface area (Å²) in [6, 6.07) is 2.09. The molecule has 0 fully saturated rings. The van der Waals surface area contributed by atoms with Crippen molar-refractivity contribution in [2.45, 2.75) is 25.7 Å². The van der Waals surface area contributed by atoms with Crippen LogP contribution in [0.1, 0.15) is 25.7 Å². The molecule has 1 aromatic rings. The molecule has 1 aliphatic carbocycles. The summed E-state index contributed by atoms with van der Waals surface area (Å²) in [7, 11) is 2.40. The first-order chi connectivity index (χ1) is 13.9. The summed E-state index contributed by atoms with van der Waals surface area (Å²) >= 11 is 6.03. The molecule has 0 bridgehead atoms. The maximum Gasteiger partial charge on any atom is 0.359 e. The third kappa shape index (κ3) is 3.95. The molecule has 0 spiro atoms. The summed E-state index contributed by atoms with van der Waals surface area (Å²) in [6.45, 7) is -0.387. The van der Waals surface area contributed by atoms with Crippen molar-refractivity contribution in [1.29, 1.82) is 0 Å². The van der Waals surface area contributed by atoms with Gasteiger partial charge >= 0.3 is 5.97 Å². The van der Waals surface area contributed by atoms with Gasteiger partial charge in [0.1, 0.15) is 25.3 Å². The van der Waals surface area contributed by atoms with Crippen LogP contribution in [0.4, 0.5) is 10.1 Å². The SMILES string of the molecule is CON=C(COc1cc(N2C(=O)C3=C(CCCC3)C2=O)c(F)cc1Cl)C(=O)OC. The minimum absolute atomic E-state index is 0.0405. The topological polar surface area (TPSA) is 94.5 Å². The summed E-state index contributed by atoms with van der Waals surface area (Å²) in [6.07, 6.45) is 2.59. The molecule has 2 aliphatic rings. The third-order valence-electron chi connectivity index (χ3n) is 4.62. The predicted molar refractivity (Wildman–Crippen MR) is 101 cm³/mol. The van der Waals surface area contributed by atoms with Crippen LogP contribution >= 0.6 is 11.6 Å². The number of imide groups is 1. The first-order valence-electron chi connectivity index (χ1n) is 8.80. The number of amides is 2. The minimum Gasteiger partial charge on any atom is -0.485 e. The van der Waals surface area contributed by atoms with Crippen LogP contribution in [-0.2, 0) is 24.0 Å². The number of hydrogen-bond acceptors (Lipinski definition) is 7. The molecule has 1 aliphatic heterocycles. The molecule has 3 rings (SSSR count). The smallest absolute Gasteiger partial charge is 0.359 e. The summed E-state index contributed by atoms with van der Waals surface area (Å²) < 4.78 is 24.6. The molecular weight excluding hydrogens is 407 g/mol. The predicted octanol–water partition coefficient (Wildman–Crippen LogP) is 2.78. The Labute approximate surface area is 170 Å². The monoisotopic (exact) mass is 424 g/mol. The Bertz CT molecular complexity index is 915. The van der Waals surface area contributed by atoms with E-state index in [4.69, 9.17) is 16.3 Å². The van der Waals surface area contributed by atoms with E-state index in [0.717, 1.165) is 37.0 Å². The van der Waals surface area contributed by atoms with Gasteiger partial charge in [-0.2, -0.15) is 0 Å². The van der Waals surface area contributed by atoms with E-state index in [2.05, 4.69) is 14.7 Å². The van der Waals surface area contributed by atoms with Gasteiger partial charge in [0.2, 0.25) is 5.71 Å². The first-order valence-corrected chi connectivity index (χ1v) is 9.17. The summed E-state index contributed by atoms with van der Waals surface area (Å²) in [4.78, 5) is 42.4. The van der Waals surface area contributed by atoms with E-state index in [-0.39, 0.29) is 28.8 Å². The Balaban J connectivity index is 1.89. The van der Waals surface area contributed by atoms with E-state index >= 15 is 0 Å². The number of rotatable bonds is 6. The maximum absolute atomic E-state index is 14.6.